The highest BCUT2D eigenvalue weighted by atomic mass is 19.1. The Morgan fingerprint density at radius 1 is 1.35 bits per heavy atom. The minimum absolute atomic E-state index is 0.00739. The highest BCUT2D eigenvalue weighted by Crippen LogP contribution is 2.30. The second kappa shape index (κ2) is 5.57. The van der Waals surface area contributed by atoms with Crippen molar-refractivity contribution < 1.29 is 9.13 Å². The summed E-state index contributed by atoms with van der Waals surface area (Å²) in [5.41, 5.74) is 6.22. The Hall–Kier alpha value is -2.47. The van der Waals surface area contributed by atoms with Crippen molar-refractivity contribution in [2.45, 2.75) is 0 Å². The zero-order valence-electron chi connectivity index (χ0n) is 9.27. The molecule has 0 saturated heterocycles. The molecular formula is C11H11FN4O. The van der Waals surface area contributed by atoms with E-state index in [0.29, 0.717) is 5.69 Å². The summed E-state index contributed by atoms with van der Waals surface area (Å²) in [5.74, 6) is -0.558. The first-order valence-electron chi connectivity index (χ1n) is 4.76. The summed E-state index contributed by atoms with van der Waals surface area (Å²) in [5, 5.41) is 17.3. The van der Waals surface area contributed by atoms with E-state index in [1.165, 1.54) is 18.1 Å². The molecule has 17 heavy (non-hydrogen) atoms. The molecule has 0 aliphatic heterocycles. The smallest absolute Gasteiger partial charge is 0.167 e. The van der Waals surface area contributed by atoms with Gasteiger partial charge in [-0.15, -0.1) is 0 Å². The van der Waals surface area contributed by atoms with E-state index in [4.69, 9.17) is 21.0 Å². The second-order valence-corrected chi connectivity index (χ2v) is 3.22. The SMILES string of the molecule is COc1cc(N(CC#N)CC#N)c(N)cc1F. The number of nitrogen functional groups attached to an aromatic ring is 1. The van der Waals surface area contributed by atoms with E-state index >= 15 is 0 Å². The molecule has 0 heterocycles. The van der Waals surface area contributed by atoms with Crippen LogP contribution in [-0.2, 0) is 0 Å². The van der Waals surface area contributed by atoms with E-state index in [9.17, 15) is 4.39 Å². The van der Waals surface area contributed by atoms with Crippen LogP contribution in [0.15, 0.2) is 12.1 Å². The van der Waals surface area contributed by atoms with E-state index < -0.39 is 5.82 Å². The lowest BCUT2D eigenvalue weighted by molar-refractivity contribution is 0.387. The first-order valence-corrected chi connectivity index (χ1v) is 4.76. The highest BCUT2D eigenvalue weighted by Gasteiger charge is 2.14. The first-order chi connectivity index (χ1) is 8.13. The third-order valence-corrected chi connectivity index (χ3v) is 2.16. The average molecular weight is 234 g/mol. The number of nitrogens with zero attached hydrogens (tertiary/aromatic N) is 3. The summed E-state index contributed by atoms with van der Waals surface area (Å²) in [6.45, 7) is -0.0148. The molecule has 1 rings (SSSR count). The number of rotatable bonds is 4. The predicted octanol–water partition coefficient (Wildman–Crippen LogP) is 1.27. The van der Waals surface area contributed by atoms with Gasteiger partial charge in [0.1, 0.15) is 13.1 Å². The van der Waals surface area contributed by atoms with Gasteiger partial charge in [-0.2, -0.15) is 10.5 Å². The topological polar surface area (TPSA) is 86.1 Å². The molecule has 0 bridgehead atoms. The number of nitriles is 2. The van der Waals surface area contributed by atoms with Crippen LogP contribution in [-0.4, -0.2) is 20.2 Å². The molecule has 0 amide bonds. The maximum absolute atomic E-state index is 13.3. The molecule has 0 fully saturated rings. The Balaban J connectivity index is 3.19. The minimum Gasteiger partial charge on any atom is -0.494 e. The number of hydrogen-bond donors (Lipinski definition) is 1. The number of methoxy groups -OCH3 is 1. The summed E-state index contributed by atoms with van der Waals surface area (Å²) < 4.78 is 18.1. The van der Waals surface area contributed by atoms with Crippen molar-refractivity contribution in [1.29, 1.82) is 10.5 Å². The zero-order valence-corrected chi connectivity index (χ0v) is 9.27. The highest BCUT2D eigenvalue weighted by molar-refractivity contribution is 5.70. The van der Waals surface area contributed by atoms with Crippen molar-refractivity contribution in [1.82, 2.24) is 0 Å². The van der Waals surface area contributed by atoms with Gasteiger partial charge in [-0.3, -0.25) is 0 Å². The van der Waals surface area contributed by atoms with Gasteiger partial charge in [0.15, 0.2) is 11.6 Å². The number of nitrogens with two attached hydrogens (primary N) is 1. The maximum Gasteiger partial charge on any atom is 0.167 e. The van der Waals surface area contributed by atoms with Crippen LogP contribution >= 0.6 is 0 Å². The number of anilines is 2. The molecule has 0 radical (unpaired) electrons. The summed E-state index contributed by atoms with van der Waals surface area (Å²) in [6, 6.07) is 6.31. The van der Waals surface area contributed by atoms with Gasteiger partial charge >= 0.3 is 0 Å². The summed E-state index contributed by atoms with van der Waals surface area (Å²) in [6.07, 6.45) is 0. The number of hydrogen-bond acceptors (Lipinski definition) is 5. The summed E-state index contributed by atoms with van der Waals surface area (Å²) in [7, 11) is 1.33. The average Bonchev–Trinajstić information content (AvgIpc) is 2.29. The Kier molecular flexibility index (Phi) is 4.13. The molecule has 0 saturated carbocycles. The van der Waals surface area contributed by atoms with Gasteiger partial charge in [0.25, 0.3) is 0 Å². The zero-order chi connectivity index (χ0) is 12.8. The van der Waals surface area contributed by atoms with Crippen molar-refractivity contribution in [3.05, 3.63) is 17.9 Å². The van der Waals surface area contributed by atoms with Crippen molar-refractivity contribution >= 4 is 11.4 Å². The van der Waals surface area contributed by atoms with E-state index in [1.807, 2.05) is 12.1 Å². The Morgan fingerprint density at radius 3 is 2.41 bits per heavy atom. The van der Waals surface area contributed by atoms with Gasteiger partial charge in [0.2, 0.25) is 0 Å². The predicted molar refractivity (Wildman–Crippen MR) is 60.8 cm³/mol. The molecule has 1 aromatic rings. The molecule has 0 spiro atoms. The molecule has 5 nitrogen and oxygen atoms in total. The lowest BCUT2D eigenvalue weighted by atomic mass is 10.2. The lowest BCUT2D eigenvalue weighted by Gasteiger charge is -2.20. The largest absolute Gasteiger partial charge is 0.494 e. The van der Waals surface area contributed by atoms with Crippen LogP contribution < -0.4 is 15.4 Å². The standard InChI is InChI=1S/C11H11FN4O/c1-17-11-7-10(9(15)6-8(11)12)16(4-2-13)5-3-14/h6-7H,4-5,15H2,1H3. The molecular weight excluding hydrogens is 223 g/mol. The third-order valence-electron chi connectivity index (χ3n) is 2.16. The van der Waals surface area contributed by atoms with E-state index in [2.05, 4.69) is 0 Å². The van der Waals surface area contributed by atoms with Crippen LogP contribution in [0.1, 0.15) is 0 Å². The number of ether oxygens (including phenoxy) is 1. The van der Waals surface area contributed by atoms with Gasteiger partial charge in [-0.05, 0) is 0 Å². The Morgan fingerprint density at radius 2 is 1.94 bits per heavy atom. The van der Waals surface area contributed by atoms with Crippen LogP contribution in [0.4, 0.5) is 15.8 Å². The van der Waals surface area contributed by atoms with Crippen LogP contribution in [0.25, 0.3) is 0 Å². The number of halogens is 1. The van der Waals surface area contributed by atoms with Gasteiger partial charge in [-0.25, -0.2) is 4.39 Å². The summed E-state index contributed by atoms with van der Waals surface area (Å²) >= 11 is 0. The molecule has 0 aliphatic rings. The number of benzene rings is 1. The van der Waals surface area contributed by atoms with Crippen molar-refractivity contribution in [2.24, 2.45) is 0 Å². The minimum atomic E-state index is -0.581. The molecule has 0 atom stereocenters. The normalized spacial score (nSPS) is 9.18. The van der Waals surface area contributed by atoms with Crippen LogP contribution in [0.5, 0.6) is 5.75 Å². The molecule has 0 aromatic heterocycles. The fraction of sp³-hybridized carbons (Fsp3) is 0.273. The quantitative estimate of drug-likeness (QED) is 0.626. The Bertz CT molecular complexity index is 473. The van der Waals surface area contributed by atoms with Crippen molar-refractivity contribution in [2.75, 3.05) is 30.8 Å². The second-order valence-electron chi connectivity index (χ2n) is 3.22. The van der Waals surface area contributed by atoms with Crippen molar-refractivity contribution in [3.8, 4) is 17.9 Å². The van der Waals surface area contributed by atoms with E-state index in [-0.39, 0.29) is 24.5 Å². The molecule has 2 N–H and O–H groups in total. The maximum atomic E-state index is 13.3. The molecule has 0 unspecified atom stereocenters. The van der Waals surface area contributed by atoms with Crippen molar-refractivity contribution in [3.63, 3.8) is 0 Å². The van der Waals surface area contributed by atoms with Gasteiger partial charge < -0.3 is 15.4 Å². The lowest BCUT2D eigenvalue weighted by Crippen LogP contribution is -2.24. The summed E-state index contributed by atoms with van der Waals surface area (Å²) in [4.78, 5) is 1.44. The third kappa shape index (κ3) is 2.76. The molecule has 88 valence electrons. The van der Waals surface area contributed by atoms with E-state index in [1.54, 1.807) is 0 Å². The van der Waals surface area contributed by atoms with Gasteiger partial charge in [0, 0.05) is 12.1 Å². The Labute approximate surface area is 98.4 Å². The fourth-order valence-corrected chi connectivity index (χ4v) is 1.39. The van der Waals surface area contributed by atoms with E-state index in [0.717, 1.165) is 6.07 Å². The molecule has 1 aromatic carbocycles. The monoisotopic (exact) mass is 234 g/mol. The van der Waals surface area contributed by atoms with Crippen LogP contribution in [0.3, 0.4) is 0 Å². The van der Waals surface area contributed by atoms with Gasteiger partial charge in [-0.1, -0.05) is 0 Å². The van der Waals surface area contributed by atoms with Crippen LogP contribution in [0, 0.1) is 28.5 Å². The first kappa shape index (κ1) is 12.6. The fourth-order valence-electron chi connectivity index (χ4n) is 1.39. The molecule has 0 aliphatic carbocycles. The van der Waals surface area contributed by atoms with Gasteiger partial charge in [0.05, 0.1) is 30.6 Å². The molecule has 6 heteroatoms. The van der Waals surface area contributed by atoms with Crippen LogP contribution in [0.2, 0.25) is 0 Å².